The van der Waals surface area contributed by atoms with Gasteiger partial charge in [-0.3, -0.25) is 4.79 Å². The zero-order valence-corrected chi connectivity index (χ0v) is 11.0. The molecule has 0 aliphatic heterocycles. The van der Waals surface area contributed by atoms with Crippen LogP contribution in [-0.2, 0) is 4.79 Å². The zero-order chi connectivity index (χ0) is 14.5. The average Bonchev–Trinajstić information content (AvgIpc) is 2.79. The molecule has 0 amide bonds. The van der Waals surface area contributed by atoms with Gasteiger partial charge in [-0.25, -0.2) is 0 Å². The van der Waals surface area contributed by atoms with E-state index in [-0.39, 0.29) is 12.8 Å². The number of hydrogen-bond acceptors (Lipinski definition) is 4. The van der Waals surface area contributed by atoms with Gasteiger partial charge in [-0.1, -0.05) is 24.3 Å². The molecule has 5 nitrogen and oxygen atoms in total. The molecular weight excluding hydrogens is 258 g/mol. The normalized spacial score (nSPS) is 13.9. The van der Waals surface area contributed by atoms with Crippen LogP contribution in [0.3, 0.4) is 0 Å². The lowest BCUT2D eigenvalue weighted by atomic mass is 10.1. The van der Waals surface area contributed by atoms with E-state index < -0.39 is 18.2 Å². The van der Waals surface area contributed by atoms with Gasteiger partial charge < -0.3 is 19.9 Å². The number of aromatic nitrogens is 1. The van der Waals surface area contributed by atoms with E-state index in [4.69, 9.17) is 4.74 Å². The van der Waals surface area contributed by atoms with Gasteiger partial charge in [0.25, 0.3) is 0 Å². The number of para-hydroxylation sites is 1. The number of aliphatic hydroxyl groups is 2. The lowest BCUT2D eigenvalue weighted by Crippen LogP contribution is -2.22. The van der Waals surface area contributed by atoms with Crippen LogP contribution in [0.15, 0.2) is 43.0 Å². The zero-order valence-electron chi connectivity index (χ0n) is 11.0. The molecule has 2 aromatic rings. The molecule has 0 unspecified atom stereocenters. The monoisotopic (exact) mass is 275 g/mol. The van der Waals surface area contributed by atoms with Gasteiger partial charge in [0.1, 0.15) is 0 Å². The number of ether oxygens (including phenoxy) is 1. The maximum absolute atomic E-state index is 11.7. The van der Waals surface area contributed by atoms with Crippen molar-refractivity contribution in [3.63, 3.8) is 0 Å². The van der Waals surface area contributed by atoms with Crippen molar-refractivity contribution in [1.82, 2.24) is 4.98 Å². The lowest BCUT2D eigenvalue weighted by Gasteiger charge is -2.11. The fraction of sp³-hybridized carbons (Fsp3) is 0.267. The Morgan fingerprint density at radius 2 is 2.15 bits per heavy atom. The minimum absolute atomic E-state index is 0.0608. The topological polar surface area (TPSA) is 82.6 Å². The van der Waals surface area contributed by atoms with Gasteiger partial charge in [-0.2, -0.15) is 0 Å². The van der Waals surface area contributed by atoms with Crippen molar-refractivity contribution in [2.24, 2.45) is 0 Å². The van der Waals surface area contributed by atoms with Crippen molar-refractivity contribution in [2.75, 3.05) is 0 Å². The molecule has 0 fully saturated rings. The first-order valence-electron chi connectivity index (χ1n) is 6.35. The van der Waals surface area contributed by atoms with E-state index >= 15 is 0 Å². The van der Waals surface area contributed by atoms with Crippen LogP contribution in [0.25, 0.3) is 10.9 Å². The molecule has 5 heteroatoms. The summed E-state index contributed by atoms with van der Waals surface area (Å²) in [6, 6.07) is 9.27. The summed E-state index contributed by atoms with van der Waals surface area (Å²) < 4.78 is 5.12. The highest BCUT2D eigenvalue weighted by Crippen LogP contribution is 2.20. The quantitative estimate of drug-likeness (QED) is 0.554. The molecule has 0 bridgehead atoms. The maximum atomic E-state index is 11.7. The summed E-state index contributed by atoms with van der Waals surface area (Å²) in [5, 5.41) is 19.9. The van der Waals surface area contributed by atoms with Crippen molar-refractivity contribution < 1.29 is 19.7 Å². The number of hydrogen-bond donors (Lipinski definition) is 3. The highest BCUT2D eigenvalue weighted by Gasteiger charge is 2.16. The van der Waals surface area contributed by atoms with Crippen molar-refractivity contribution in [1.29, 1.82) is 0 Å². The summed E-state index contributed by atoms with van der Waals surface area (Å²) in [6.07, 6.45) is -0.594. The largest absolute Gasteiger partial charge is 0.409 e. The van der Waals surface area contributed by atoms with Crippen LogP contribution in [0, 0.1) is 0 Å². The summed E-state index contributed by atoms with van der Waals surface area (Å²) in [4.78, 5) is 14.6. The molecular formula is C15H17NO4. The Morgan fingerprint density at radius 3 is 2.85 bits per heavy atom. The molecule has 106 valence electrons. The standard InChI is InChI=1S/C15H17NO4/c1-2-11(17)8-12(18)9-15(19)20-14-7-10-5-3-4-6-13(10)16-14/h2-7,11-12,16-18H,1,8-9H2/t11-,12-/m0/s1. The molecule has 20 heavy (non-hydrogen) atoms. The van der Waals surface area contributed by atoms with Crippen LogP contribution in [0.2, 0.25) is 0 Å². The molecule has 0 spiro atoms. The number of carbonyl (C=O) groups is 1. The van der Waals surface area contributed by atoms with Gasteiger partial charge in [-0.15, -0.1) is 6.58 Å². The third-order valence-corrected chi connectivity index (χ3v) is 2.92. The van der Waals surface area contributed by atoms with E-state index in [1.54, 1.807) is 6.07 Å². The van der Waals surface area contributed by atoms with Gasteiger partial charge in [-0.05, 0) is 6.07 Å². The van der Waals surface area contributed by atoms with Gasteiger partial charge in [0.05, 0.1) is 18.6 Å². The number of esters is 1. The molecule has 0 saturated heterocycles. The molecule has 2 rings (SSSR count). The first-order valence-corrected chi connectivity index (χ1v) is 6.35. The number of aromatic amines is 1. The maximum Gasteiger partial charge on any atom is 0.315 e. The van der Waals surface area contributed by atoms with Crippen molar-refractivity contribution in [3.05, 3.63) is 43.0 Å². The van der Waals surface area contributed by atoms with Crippen LogP contribution in [0.5, 0.6) is 5.88 Å². The van der Waals surface area contributed by atoms with Gasteiger partial charge in [0.2, 0.25) is 5.88 Å². The van der Waals surface area contributed by atoms with Gasteiger partial charge in [0, 0.05) is 23.4 Å². The van der Waals surface area contributed by atoms with E-state index in [1.807, 2.05) is 24.3 Å². The number of nitrogens with one attached hydrogen (secondary N) is 1. The Kier molecular flexibility index (Phi) is 4.55. The summed E-state index contributed by atoms with van der Waals surface area (Å²) in [5.74, 6) is -0.215. The molecule has 3 N–H and O–H groups in total. The Hall–Kier alpha value is -2.11. The predicted octanol–water partition coefficient (Wildman–Crippen LogP) is 1.76. The first-order chi connectivity index (χ1) is 9.58. The Morgan fingerprint density at radius 1 is 1.40 bits per heavy atom. The fourth-order valence-corrected chi connectivity index (χ4v) is 1.92. The van der Waals surface area contributed by atoms with Crippen LogP contribution in [0.4, 0.5) is 0 Å². The second-order valence-electron chi connectivity index (χ2n) is 4.59. The number of H-pyrrole nitrogens is 1. The smallest absolute Gasteiger partial charge is 0.315 e. The number of carbonyl (C=O) groups excluding carboxylic acids is 1. The van der Waals surface area contributed by atoms with Crippen LogP contribution in [0.1, 0.15) is 12.8 Å². The van der Waals surface area contributed by atoms with Gasteiger partial charge in [0.15, 0.2) is 0 Å². The van der Waals surface area contributed by atoms with E-state index in [9.17, 15) is 15.0 Å². The van der Waals surface area contributed by atoms with Crippen molar-refractivity contribution in [3.8, 4) is 5.88 Å². The SMILES string of the molecule is C=C[C@H](O)C[C@H](O)CC(=O)Oc1cc2ccccc2[nH]1. The second-order valence-corrected chi connectivity index (χ2v) is 4.59. The molecule has 0 aliphatic rings. The Labute approximate surface area is 116 Å². The van der Waals surface area contributed by atoms with Gasteiger partial charge >= 0.3 is 5.97 Å². The highest BCUT2D eigenvalue weighted by molar-refractivity contribution is 5.82. The number of fused-ring (bicyclic) bond motifs is 1. The third kappa shape index (κ3) is 3.69. The minimum Gasteiger partial charge on any atom is -0.409 e. The summed E-state index contributed by atoms with van der Waals surface area (Å²) in [6.45, 7) is 3.40. The van der Waals surface area contributed by atoms with Crippen molar-refractivity contribution in [2.45, 2.75) is 25.0 Å². The van der Waals surface area contributed by atoms with E-state index in [0.29, 0.717) is 5.88 Å². The second kappa shape index (κ2) is 6.36. The van der Waals surface area contributed by atoms with E-state index in [2.05, 4.69) is 11.6 Å². The number of benzene rings is 1. The Balaban J connectivity index is 1.92. The number of aliphatic hydroxyl groups excluding tert-OH is 2. The lowest BCUT2D eigenvalue weighted by molar-refractivity contribution is -0.137. The molecule has 1 heterocycles. The van der Waals surface area contributed by atoms with Crippen LogP contribution >= 0.6 is 0 Å². The predicted molar refractivity (Wildman–Crippen MR) is 75.4 cm³/mol. The van der Waals surface area contributed by atoms with E-state index in [0.717, 1.165) is 10.9 Å². The molecule has 0 aliphatic carbocycles. The average molecular weight is 275 g/mol. The molecule has 1 aromatic heterocycles. The third-order valence-electron chi connectivity index (χ3n) is 2.92. The molecule has 0 radical (unpaired) electrons. The van der Waals surface area contributed by atoms with Crippen LogP contribution in [-0.4, -0.2) is 33.4 Å². The summed E-state index contributed by atoms with van der Waals surface area (Å²) >= 11 is 0. The number of rotatable bonds is 6. The van der Waals surface area contributed by atoms with Crippen LogP contribution < -0.4 is 4.74 Å². The van der Waals surface area contributed by atoms with E-state index in [1.165, 1.54) is 6.08 Å². The highest BCUT2D eigenvalue weighted by atomic mass is 16.5. The first kappa shape index (κ1) is 14.3. The molecule has 1 aromatic carbocycles. The Bertz CT molecular complexity index is 572. The molecule has 0 saturated carbocycles. The summed E-state index contributed by atoms with van der Waals surface area (Å²) in [5.41, 5.74) is 0.873. The summed E-state index contributed by atoms with van der Waals surface area (Å²) in [7, 11) is 0. The minimum atomic E-state index is -0.958. The fourth-order valence-electron chi connectivity index (χ4n) is 1.92. The molecule has 2 atom stereocenters. The van der Waals surface area contributed by atoms with Crippen molar-refractivity contribution >= 4 is 16.9 Å².